The van der Waals surface area contributed by atoms with Gasteiger partial charge in [0.1, 0.15) is 17.8 Å². The number of hydrogen-bond acceptors (Lipinski definition) is 5. The third-order valence-electron chi connectivity index (χ3n) is 6.61. The highest BCUT2D eigenvalue weighted by atomic mass is 79.9. The van der Waals surface area contributed by atoms with Gasteiger partial charge in [0.15, 0.2) is 11.5 Å². The van der Waals surface area contributed by atoms with E-state index >= 15 is 0 Å². The number of nitrogens with zero attached hydrogens (tertiary/aromatic N) is 1. The lowest BCUT2D eigenvalue weighted by Gasteiger charge is -2.23. The predicted molar refractivity (Wildman–Crippen MR) is 129 cm³/mol. The lowest BCUT2D eigenvalue weighted by Crippen LogP contribution is -2.43. The van der Waals surface area contributed by atoms with Gasteiger partial charge in [-0.3, -0.25) is 9.59 Å². The van der Waals surface area contributed by atoms with Crippen molar-refractivity contribution in [3.8, 4) is 17.2 Å². The number of para-hydroxylation sites is 1. The summed E-state index contributed by atoms with van der Waals surface area (Å²) in [4.78, 5) is 28.2. The summed E-state index contributed by atoms with van der Waals surface area (Å²) in [5, 5.41) is 2.95. The fraction of sp³-hybridized carbons (Fsp3) is 0.231. The molecule has 0 aromatic heterocycles. The first-order valence-electron chi connectivity index (χ1n) is 11.1. The number of nitrogens with one attached hydrogen (secondary N) is 1. The molecule has 3 heterocycles. The van der Waals surface area contributed by atoms with Crippen molar-refractivity contribution in [2.75, 3.05) is 31.4 Å². The Bertz CT molecular complexity index is 1330. The van der Waals surface area contributed by atoms with E-state index in [1.54, 1.807) is 6.07 Å². The van der Waals surface area contributed by atoms with E-state index in [1.807, 2.05) is 59.5 Å². The third kappa shape index (κ3) is 3.09. The molecule has 0 saturated heterocycles. The monoisotopic (exact) mass is 520 g/mol. The van der Waals surface area contributed by atoms with Gasteiger partial charge in [0.05, 0.1) is 5.56 Å². The van der Waals surface area contributed by atoms with Crippen LogP contribution in [0.1, 0.15) is 27.9 Å². The zero-order valence-corrected chi connectivity index (χ0v) is 19.8. The third-order valence-corrected chi connectivity index (χ3v) is 7.30. The van der Waals surface area contributed by atoms with E-state index < -0.39 is 5.41 Å². The summed E-state index contributed by atoms with van der Waals surface area (Å²) in [5.41, 5.74) is 2.28. The minimum absolute atomic E-state index is 0.0246. The Kier molecular flexibility index (Phi) is 4.99. The number of hydrogen-bond donors (Lipinski definition) is 1. The van der Waals surface area contributed by atoms with Gasteiger partial charge in [-0.2, -0.15) is 0 Å². The van der Waals surface area contributed by atoms with Crippen molar-refractivity contribution in [3.05, 3.63) is 81.8 Å². The van der Waals surface area contributed by atoms with Crippen LogP contribution in [0.15, 0.2) is 65.1 Å². The van der Waals surface area contributed by atoms with Gasteiger partial charge in [-0.1, -0.05) is 30.3 Å². The molecule has 172 valence electrons. The largest absolute Gasteiger partial charge is 0.491 e. The van der Waals surface area contributed by atoms with Crippen LogP contribution < -0.4 is 24.4 Å². The number of rotatable bonds is 5. The summed E-state index contributed by atoms with van der Waals surface area (Å²) in [7, 11) is 0. The highest BCUT2D eigenvalue weighted by Gasteiger charge is 2.57. The number of anilines is 1. The van der Waals surface area contributed by atoms with Crippen LogP contribution >= 0.6 is 15.9 Å². The summed E-state index contributed by atoms with van der Waals surface area (Å²) in [6, 6.07) is 18.8. The Morgan fingerprint density at radius 3 is 2.59 bits per heavy atom. The molecule has 3 aliphatic rings. The van der Waals surface area contributed by atoms with Gasteiger partial charge in [0.25, 0.3) is 5.91 Å². The molecule has 1 N–H and O–H groups in total. The van der Waals surface area contributed by atoms with Crippen LogP contribution in [0.4, 0.5) is 5.69 Å². The number of carbonyl (C=O) groups is 2. The van der Waals surface area contributed by atoms with Crippen molar-refractivity contribution in [1.82, 2.24) is 5.32 Å². The van der Waals surface area contributed by atoms with Crippen LogP contribution in [0.3, 0.4) is 0 Å². The maximum Gasteiger partial charge on any atom is 0.252 e. The molecule has 3 aliphatic heterocycles. The van der Waals surface area contributed by atoms with E-state index in [9.17, 15) is 9.59 Å². The van der Waals surface area contributed by atoms with Crippen molar-refractivity contribution in [2.24, 2.45) is 0 Å². The molecular weight excluding hydrogens is 500 g/mol. The Hall–Kier alpha value is -3.52. The van der Waals surface area contributed by atoms with Gasteiger partial charge >= 0.3 is 0 Å². The number of benzene rings is 3. The molecule has 0 bridgehead atoms. The number of amides is 2. The minimum Gasteiger partial charge on any atom is -0.491 e. The highest BCUT2D eigenvalue weighted by Crippen LogP contribution is 2.54. The van der Waals surface area contributed by atoms with Crippen molar-refractivity contribution < 1.29 is 23.8 Å². The first kappa shape index (κ1) is 21.0. The number of fused-ring (bicyclic) bond motifs is 5. The first-order chi connectivity index (χ1) is 16.6. The van der Waals surface area contributed by atoms with Crippen molar-refractivity contribution in [2.45, 2.75) is 11.8 Å². The highest BCUT2D eigenvalue weighted by molar-refractivity contribution is 9.10. The molecule has 1 spiro atoms. The van der Waals surface area contributed by atoms with Crippen LogP contribution in [0, 0.1) is 0 Å². The number of ether oxygens (including phenoxy) is 3. The molecule has 1 atom stereocenters. The van der Waals surface area contributed by atoms with E-state index in [0.717, 1.165) is 21.3 Å². The maximum atomic E-state index is 13.9. The number of carbonyl (C=O) groups excluding carboxylic acids is 2. The standard InChI is InChI=1S/C26H21BrN2O5/c27-19-8-3-1-6-16(19)24(30)28-10-5-11-29-20-9-4-2-7-17(20)26(25(29)31)14-32-21-13-23-22(12-18(21)26)33-15-34-23/h1-4,6-9,12-13H,5,10-11,14-15H2,(H,28,30). The average Bonchev–Trinajstić information content (AvgIpc) is 3.52. The second-order valence-electron chi connectivity index (χ2n) is 8.46. The van der Waals surface area contributed by atoms with Gasteiger partial charge in [-0.05, 0) is 52.2 Å². The van der Waals surface area contributed by atoms with Crippen LogP contribution in [0.2, 0.25) is 0 Å². The van der Waals surface area contributed by atoms with E-state index in [1.165, 1.54) is 0 Å². The van der Waals surface area contributed by atoms with E-state index in [-0.39, 0.29) is 25.2 Å². The normalized spacial score (nSPS) is 19.2. The minimum atomic E-state index is -0.912. The summed E-state index contributed by atoms with van der Waals surface area (Å²) in [6.45, 7) is 1.32. The van der Waals surface area contributed by atoms with Crippen molar-refractivity contribution in [1.29, 1.82) is 0 Å². The van der Waals surface area contributed by atoms with Gasteiger partial charge in [0.2, 0.25) is 12.7 Å². The maximum absolute atomic E-state index is 13.9. The molecule has 34 heavy (non-hydrogen) atoms. The van der Waals surface area contributed by atoms with Crippen LogP contribution in [0.25, 0.3) is 0 Å². The molecule has 6 rings (SSSR count). The molecule has 8 heteroatoms. The lowest BCUT2D eigenvalue weighted by molar-refractivity contribution is -0.122. The second kappa shape index (κ2) is 8.06. The molecule has 0 saturated carbocycles. The fourth-order valence-electron chi connectivity index (χ4n) is 4.97. The Morgan fingerprint density at radius 1 is 0.971 bits per heavy atom. The molecule has 7 nitrogen and oxygen atoms in total. The van der Waals surface area contributed by atoms with E-state index in [2.05, 4.69) is 21.2 Å². The van der Waals surface area contributed by atoms with Crippen LogP contribution in [-0.4, -0.2) is 38.3 Å². The molecule has 0 aliphatic carbocycles. The summed E-state index contributed by atoms with van der Waals surface area (Å²) >= 11 is 3.41. The molecular formula is C26H21BrN2O5. The van der Waals surface area contributed by atoms with Crippen LogP contribution in [0.5, 0.6) is 17.2 Å². The second-order valence-corrected chi connectivity index (χ2v) is 9.31. The van der Waals surface area contributed by atoms with Gasteiger partial charge in [-0.25, -0.2) is 0 Å². The van der Waals surface area contributed by atoms with Crippen molar-refractivity contribution in [3.63, 3.8) is 0 Å². The summed E-state index contributed by atoms with van der Waals surface area (Å²) in [5.74, 6) is 1.74. The van der Waals surface area contributed by atoms with Gasteiger partial charge in [-0.15, -0.1) is 0 Å². The zero-order chi connectivity index (χ0) is 23.3. The molecule has 0 fully saturated rings. The van der Waals surface area contributed by atoms with E-state index in [4.69, 9.17) is 14.2 Å². The smallest absolute Gasteiger partial charge is 0.252 e. The van der Waals surface area contributed by atoms with Gasteiger partial charge < -0.3 is 24.4 Å². The SMILES string of the molecule is O=C(NCCCN1C(=O)C2(COc3cc4c(cc32)OCO4)c2ccccc21)c1ccccc1Br. The molecule has 3 aromatic rings. The Labute approximate surface area is 204 Å². The average molecular weight is 521 g/mol. The van der Waals surface area contributed by atoms with Crippen molar-refractivity contribution >= 4 is 33.4 Å². The zero-order valence-electron chi connectivity index (χ0n) is 18.2. The Morgan fingerprint density at radius 2 is 1.74 bits per heavy atom. The fourth-order valence-corrected chi connectivity index (χ4v) is 5.43. The number of halogens is 1. The predicted octanol–water partition coefficient (Wildman–Crippen LogP) is 4.02. The molecule has 0 radical (unpaired) electrons. The molecule has 3 aromatic carbocycles. The topological polar surface area (TPSA) is 77.1 Å². The summed E-state index contributed by atoms with van der Waals surface area (Å²) < 4.78 is 17.8. The molecule has 1 unspecified atom stereocenters. The lowest BCUT2D eigenvalue weighted by atomic mass is 9.77. The quantitative estimate of drug-likeness (QED) is 0.514. The van der Waals surface area contributed by atoms with Crippen LogP contribution in [-0.2, 0) is 10.2 Å². The summed E-state index contributed by atoms with van der Waals surface area (Å²) in [6.07, 6.45) is 0.612. The Balaban J connectivity index is 1.23. The first-order valence-corrected chi connectivity index (χ1v) is 11.9. The van der Waals surface area contributed by atoms with E-state index in [0.29, 0.717) is 42.3 Å². The van der Waals surface area contributed by atoms with Gasteiger partial charge in [0, 0.05) is 34.9 Å². The molecule has 2 amide bonds.